The minimum atomic E-state index is -1.16. The van der Waals surface area contributed by atoms with Crippen molar-refractivity contribution in [3.05, 3.63) is 59.0 Å². The van der Waals surface area contributed by atoms with Crippen LogP contribution in [0.4, 0.5) is 4.79 Å². The molecule has 0 aliphatic rings. The summed E-state index contributed by atoms with van der Waals surface area (Å²) in [7, 11) is 1.18. The Kier molecular flexibility index (Phi) is 12.1. The number of alkyl carbamates (subject to hydrolysis) is 1. The fourth-order valence-corrected chi connectivity index (χ4v) is 3.10. The summed E-state index contributed by atoms with van der Waals surface area (Å²) in [4.78, 5) is 35.7. The molecule has 2 atom stereocenters. The number of amides is 2. The van der Waals surface area contributed by atoms with Gasteiger partial charge < -0.3 is 34.9 Å². The van der Waals surface area contributed by atoms with Gasteiger partial charge in [0.05, 0.1) is 19.8 Å². The minimum Gasteiger partial charge on any atom is -0.467 e. The first-order chi connectivity index (χ1) is 18.5. The van der Waals surface area contributed by atoms with E-state index >= 15 is 0 Å². The Bertz CT molecular complexity index is 1240. The fourth-order valence-electron chi connectivity index (χ4n) is 3.10. The molecule has 0 spiro atoms. The van der Waals surface area contributed by atoms with Crippen LogP contribution >= 0.6 is 0 Å². The minimum absolute atomic E-state index is 0.303. The van der Waals surface area contributed by atoms with E-state index < -0.39 is 35.7 Å². The molecule has 0 saturated heterocycles. The summed E-state index contributed by atoms with van der Waals surface area (Å²) >= 11 is 0. The number of ether oxygens (including phenoxy) is 2. The summed E-state index contributed by atoms with van der Waals surface area (Å²) in [5.74, 6) is 11.2. The quantitative estimate of drug-likeness (QED) is 0.206. The van der Waals surface area contributed by atoms with Crippen molar-refractivity contribution in [2.24, 2.45) is 0 Å². The van der Waals surface area contributed by atoms with Crippen molar-refractivity contribution in [3.8, 4) is 23.7 Å². The zero-order chi connectivity index (χ0) is 28.8. The lowest BCUT2D eigenvalue weighted by Gasteiger charge is -2.19. The van der Waals surface area contributed by atoms with Crippen molar-refractivity contribution < 1.29 is 33.4 Å². The molecular formula is C29H35N3O7. The van der Waals surface area contributed by atoms with Crippen molar-refractivity contribution >= 4 is 18.0 Å². The van der Waals surface area contributed by atoms with Crippen molar-refractivity contribution in [2.45, 2.75) is 58.4 Å². The standard InChI is InChI=1S/C29H35N3O7/c1-20(33)25(27(35)37-5)32-26(34)22-13-11-21(12-14-22)9-6-7-10-23-15-16-24(38-23)19-30-17-8-18-31-28(36)39-29(2,3)4/h11-16,20,25,30,33H,8,17-19H2,1-5H3,(H,31,36)(H,32,34)/t20-,25-/m1/s1. The summed E-state index contributed by atoms with van der Waals surface area (Å²) in [5, 5.41) is 18.1. The van der Waals surface area contributed by atoms with E-state index in [0.29, 0.717) is 36.5 Å². The molecule has 10 heteroatoms. The van der Waals surface area contributed by atoms with Gasteiger partial charge in [-0.15, -0.1) is 0 Å². The van der Waals surface area contributed by atoms with Gasteiger partial charge in [-0.05, 0) is 94.8 Å². The van der Waals surface area contributed by atoms with Gasteiger partial charge in [-0.2, -0.15) is 0 Å². The van der Waals surface area contributed by atoms with Gasteiger partial charge in [0.25, 0.3) is 5.91 Å². The zero-order valence-corrected chi connectivity index (χ0v) is 22.8. The number of aliphatic hydroxyl groups is 1. The van der Waals surface area contributed by atoms with Crippen LogP contribution in [0.3, 0.4) is 0 Å². The number of esters is 1. The van der Waals surface area contributed by atoms with Crippen molar-refractivity contribution in [1.82, 2.24) is 16.0 Å². The molecule has 0 bridgehead atoms. The average Bonchev–Trinajstić information content (AvgIpc) is 3.33. The van der Waals surface area contributed by atoms with Crippen LogP contribution in [0, 0.1) is 23.7 Å². The summed E-state index contributed by atoms with van der Waals surface area (Å²) in [6.07, 6.45) is -0.793. The third kappa shape index (κ3) is 11.8. The van der Waals surface area contributed by atoms with Crippen LogP contribution in [0.15, 0.2) is 40.8 Å². The Morgan fingerprint density at radius 2 is 1.72 bits per heavy atom. The first-order valence-corrected chi connectivity index (χ1v) is 12.4. The second-order valence-electron chi connectivity index (χ2n) is 9.52. The highest BCUT2D eigenvalue weighted by molar-refractivity contribution is 5.97. The number of aliphatic hydroxyl groups excluding tert-OH is 1. The third-order valence-electron chi connectivity index (χ3n) is 4.99. The molecule has 0 unspecified atom stereocenters. The first kappa shape index (κ1) is 31.0. The lowest BCUT2D eigenvalue weighted by molar-refractivity contribution is -0.145. The van der Waals surface area contributed by atoms with Gasteiger partial charge in [-0.25, -0.2) is 9.59 Å². The van der Waals surface area contributed by atoms with E-state index in [1.165, 1.54) is 14.0 Å². The highest BCUT2D eigenvalue weighted by atomic mass is 16.6. The van der Waals surface area contributed by atoms with Gasteiger partial charge in [0.2, 0.25) is 0 Å². The van der Waals surface area contributed by atoms with Crippen LogP contribution in [0.25, 0.3) is 0 Å². The van der Waals surface area contributed by atoms with Gasteiger partial charge in [-0.3, -0.25) is 4.79 Å². The number of hydrogen-bond donors (Lipinski definition) is 4. The predicted octanol–water partition coefficient (Wildman–Crippen LogP) is 2.34. The number of methoxy groups -OCH3 is 1. The number of carbonyl (C=O) groups excluding carboxylic acids is 3. The molecule has 2 rings (SSSR count). The Balaban J connectivity index is 1.77. The number of nitrogens with one attached hydrogen (secondary N) is 3. The SMILES string of the molecule is COC(=O)[C@H](NC(=O)c1ccc(C#CC#Cc2ccc(CNCCCNC(=O)OC(C)(C)C)o2)cc1)[C@@H](C)O. The number of furan rings is 1. The average molecular weight is 538 g/mol. The molecule has 2 aromatic rings. The van der Waals surface area contributed by atoms with Crippen molar-refractivity contribution in [3.63, 3.8) is 0 Å². The number of hydrogen-bond acceptors (Lipinski definition) is 8. The molecular weight excluding hydrogens is 502 g/mol. The normalized spacial score (nSPS) is 12.1. The summed E-state index contributed by atoms with van der Waals surface area (Å²) in [6, 6.07) is 8.85. The molecule has 2 amide bonds. The van der Waals surface area contributed by atoms with E-state index in [4.69, 9.17) is 9.15 Å². The second-order valence-corrected chi connectivity index (χ2v) is 9.52. The molecule has 0 fully saturated rings. The Hall–Kier alpha value is -4.25. The predicted molar refractivity (Wildman–Crippen MR) is 144 cm³/mol. The monoisotopic (exact) mass is 537 g/mol. The van der Waals surface area contributed by atoms with Crippen LogP contribution in [-0.2, 0) is 20.8 Å². The zero-order valence-electron chi connectivity index (χ0n) is 22.8. The molecule has 4 N–H and O–H groups in total. The van der Waals surface area contributed by atoms with E-state index in [1.807, 2.05) is 26.8 Å². The number of benzene rings is 1. The lowest BCUT2D eigenvalue weighted by Crippen LogP contribution is -2.48. The molecule has 0 aliphatic heterocycles. The van der Waals surface area contributed by atoms with E-state index in [-0.39, 0.29) is 0 Å². The molecule has 1 aromatic heterocycles. The van der Waals surface area contributed by atoms with Gasteiger partial charge in [0, 0.05) is 17.7 Å². The number of carbonyl (C=O) groups is 3. The largest absolute Gasteiger partial charge is 0.467 e. The van der Waals surface area contributed by atoms with Gasteiger partial charge in [0.15, 0.2) is 11.8 Å². The topological polar surface area (TPSA) is 139 Å². The van der Waals surface area contributed by atoms with E-state index in [1.54, 1.807) is 30.3 Å². The van der Waals surface area contributed by atoms with Crippen molar-refractivity contribution in [1.29, 1.82) is 0 Å². The van der Waals surface area contributed by atoms with Gasteiger partial charge in [-0.1, -0.05) is 5.92 Å². The van der Waals surface area contributed by atoms with Crippen LogP contribution < -0.4 is 16.0 Å². The molecule has 10 nitrogen and oxygen atoms in total. The second kappa shape index (κ2) is 15.2. The van der Waals surface area contributed by atoms with E-state index in [2.05, 4.69) is 44.4 Å². The maximum Gasteiger partial charge on any atom is 0.407 e. The molecule has 208 valence electrons. The van der Waals surface area contributed by atoms with Crippen LogP contribution in [0.2, 0.25) is 0 Å². The smallest absolute Gasteiger partial charge is 0.407 e. The number of rotatable bonds is 10. The fraction of sp³-hybridized carbons (Fsp3) is 0.414. The highest BCUT2D eigenvalue weighted by Crippen LogP contribution is 2.08. The first-order valence-electron chi connectivity index (χ1n) is 12.4. The lowest BCUT2D eigenvalue weighted by atomic mass is 10.1. The van der Waals surface area contributed by atoms with E-state index in [0.717, 1.165) is 12.2 Å². The van der Waals surface area contributed by atoms with Gasteiger partial charge >= 0.3 is 12.1 Å². The summed E-state index contributed by atoms with van der Waals surface area (Å²) < 4.78 is 15.4. The third-order valence-corrected chi connectivity index (χ3v) is 4.99. The van der Waals surface area contributed by atoms with Crippen molar-refractivity contribution in [2.75, 3.05) is 20.2 Å². The van der Waals surface area contributed by atoms with Crippen LogP contribution in [0.5, 0.6) is 0 Å². The molecule has 0 aliphatic carbocycles. The van der Waals surface area contributed by atoms with Crippen LogP contribution in [-0.4, -0.2) is 61.0 Å². The molecule has 1 heterocycles. The molecule has 1 aromatic carbocycles. The molecule has 0 radical (unpaired) electrons. The summed E-state index contributed by atoms with van der Waals surface area (Å²) in [6.45, 7) is 8.56. The maximum absolute atomic E-state index is 12.4. The van der Waals surface area contributed by atoms with Crippen LogP contribution in [0.1, 0.15) is 61.6 Å². The molecule has 0 saturated carbocycles. The Morgan fingerprint density at radius 1 is 1.03 bits per heavy atom. The molecule has 39 heavy (non-hydrogen) atoms. The maximum atomic E-state index is 12.4. The summed E-state index contributed by atoms with van der Waals surface area (Å²) in [5.41, 5.74) is 0.433. The highest BCUT2D eigenvalue weighted by Gasteiger charge is 2.26. The Labute approximate surface area is 228 Å². The van der Waals surface area contributed by atoms with Gasteiger partial charge in [0.1, 0.15) is 11.4 Å². The van der Waals surface area contributed by atoms with E-state index in [9.17, 15) is 19.5 Å². The Morgan fingerprint density at radius 3 is 2.36 bits per heavy atom.